The van der Waals surface area contributed by atoms with Crippen LogP contribution in [0.15, 0.2) is 34.1 Å². The maximum atomic E-state index is 13.5. The fourth-order valence-corrected chi connectivity index (χ4v) is 2.98. The third kappa shape index (κ3) is 2.37. The Bertz CT molecular complexity index is 803. The lowest BCUT2D eigenvalue weighted by atomic mass is 10.3. The lowest BCUT2D eigenvalue weighted by Crippen LogP contribution is -2.13. The highest BCUT2D eigenvalue weighted by Gasteiger charge is 2.34. The van der Waals surface area contributed by atoms with Crippen LogP contribution < -0.4 is 0 Å². The molecule has 2 nitrogen and oxygen atoms in total. The lowest BCUT2D eigenvalue weighted by Gasteiger charge is -2.09. The van der Waals surface area contributed by atoms with Crippen molar-refractivity contribution in [3.05, 3.63) is 59.2 Å². The van der Waals surface area contributed by atoms with Gasteiger partial charge in [-0.05, 0) is 18.2 Å². The van der Waals surface area contributed by atoms with Crippen molar-refractivity contribution in [3.63, 3.8) is 0 Å². The monoisotopic (exact) mass is 326 g/mol. The Morgan fingerprint density at radius 1 is 0.714 bits per heavy atom. The molecule has 0 amide bonds. The van der Waals surface area contributed by atoms with Gasteiger partial charge in [0.1, 0.15) is 10.7 Å². The molecule has 0 aliphatic rings. The van der Waals surface area contributed by atoms with Gasteiger partial charge in [-0.15, -0.1) is 0 Å². The normalized spacial score (nSPS) is 11.7. The van der Waals surface area contributed by atoms with Crippen molar-refractivity contribution in [2.45, 2.75) is 9.79 Å². The third-order valence-corrected chi connectivity index (χ3v) is 4.32. The van der Waals surface area contributed by atoms with E-state index in [1.54, 1.807) is 0 Å². The van der Waals surface area contributed by atoms with Gasteiger partial charge < -0.3 is 0 Å². The predicted molar refractivity (Wildman–Crippen MR) is 58.1 cm³/mol. The average Bonchev–Trinajstić information content (AvgIpc) is 2.43. The highest BCUT2D eigenvalue weighted by Crippen LogP contribution is 2.31. The van der Waals surface area contributed by atoms with Crippen molar-refractivity contribution in [2.75, 3.05) is 0 Å². The van der Waals surface area contributed by atoms with Crippen LogP contribution in [0.3, 0.4) is 0 Å². The van der Waals surface area contributed by atoms with Crippen molar-refractivity contribution < 1.29 is 34.8 Å². The van der Waals surface area contributed by atoms with Crippen LogP contribution in [0.5, 0.6) is 0 Å². The molecule has 0 fully saturated rings. The van der Waals surface area contributed by atoms with E-state index in [1.807, 2.05) is 0 Å². The maximum absolute atomic E-state index is 13.5. The molecule has 0 aliphatic carbocycles. The quantitative estimate of drug-likeness (QED) is 0.367. The average molecular weight is 326 g/mol. The summed E-state index contributed by atoms with van der Waals surface area (Å²) < 4.78 is 103. The molecule has 21 heavy (non-hydrogen) atoms. The van der Waals surface area contributed by atoms with Crippen LogP contribution in [-0.2, 0) is 9.84 Å². The summed E-state index contributed by atoms with van der Waals surface area (Å²) in [6, 6.07) is 2.91. The Labute approximate surface area is 114 Å². The first-order chi connectivity index (χ1) is 9.67. The first-order valence-corrected chi connectivity index (χ1v) is 6.68. The molecule has 0 heterocycles. The van der Waals surface area contributed by atoms with Gasteiger partial charge in [0, 0.05) is 0 Å². The molecule has 0 spiro atoms. The Balaban J connectivity index is 2.84. The summed E-state index contributed by atoms with van der Waals surface area (Å²) in [6.45, 7) is 0. The van der Waals surface area contributed by atoms with Gasteiger partial charge in [0.05, 0.1) is 4.90 Å². The summed E-state index contributed by atoms with van der Waals surface area (Å²) in [5.74, 6) is -13.3. The minimum Gasteiger partial charge on any atom is -0.218 e. The molecular formula is C12H4F6O2S. The van der Waals surface area contributed by atoms with Crippen molar-refractivity contribution in [2.24, 2.45) is 0 Å². The number of sulfone groups is 1. The second-order valence-electron chi connectivity index (χ2n) is 3.86. The number of rotatable bonds is 2. The smallest absolute Gasteiger partial charge is 0.212 e. The Hall–Kier alpha value is -2.03. The predicted octanol–water partition coefficient (Wildman–Crippen LogP) is 3.35. The fourth-order valence-electron chi connectivity index (χ4n) is 1.57. The molecule has 0 atom stereocenters. The molecule has 9 heteroatoms. The van der Waals surface area contributed by atoms with Crippen LogP contribution in [0.2, 0.25) is 0 Å². The SMILES string of the molecule is O=S(=O)(c1cccc(F)c1)c1c(F)c(F)c(F)c(F)c1F. The highest BCUT2D eigenvalue weighted by molar-refractivity contribution is 7.91. The molecule has 112 valence electrons. The summed E-state index contributed by atoms with van der Waals surface area (Å²) in [4.78, 5) is -2.96. The van der Waals surface area contributed by atoms with E-state index in [4.69, 9.17) is 0 Å². The van der Waals surface area contributed by atoms with Crippen molar-refractivity contribution >= 4 is 9.84 Å². The van der Waals surface area contributed by atoms with Gasteiger partial charge in [0.15, 0.2) is 23.3 Å². The molecular weight excluding hydrogens is 322 g/mol. The van der Waals surface area contributed by atoms with Crippen LogP contribution in [0.1, 0.15) is 0 Å². The van der Waals surface area contributed by atoms with E-state index in [-0.39, 0.29) is 0 Å². The van der Waals surface area contributed by atoms with Gasteiger partial charge in [-0.25, -0.2) is 34.8 Å². The van der Waals surface area contributed by atoms with Crippen molar-refractivity contribution in [1.82, 2.24) is 0 Å². The van der Waals surface area contributed by atoms with E-state index in [1.165, 1.54) is 0 Å². The van der Waals surface area contributed by atoms with Crippen LogP contribution >= 0.6 is 0 Å². The van der Waals surface area contributed by atoms with E-state index in [0.29, 0.717) is 6.07 Å². The molecule has 0 bridgehead atoms. The lowest BCUT2D eigenvalue weighted by molar-refractivity contribution is 0.357. The zero-order chi connectivity index (χ0) is 15.9. The van der Waals surface area contributed by atoms with Crippen LogP contribution in [0, 0.1) is 34.9 Å². The minimum absolute atomic E-state index is 0.396. The molecule has 2 aromatic rings. The Kier molecular flexibility index (Phi) is 3.70. The third-order valence-electron chi connectivity index (χ3n) is 2.54. The van der Waals surface area contributed by atoms with Crippen LogP contribution in [-0.4, -0.2) is 8.42 Å². The van der Waals surface area contributed by atoms with Gasteiger partial charge in [0.2, 0.25) is 15.7 Å². The summed E-state index contributed by atoms with van der Waals surface area (Å²) in [7, 11) is -5.12. The highest BCUT2D eigenvalue weighted by atomic mass is 32.2. The molecule has 0 unspecified atom stereocenters. The second kappa shape index (κ2) is 5.06. The van der Waals surface area contributed by atoms with E-state index < -0.39 is 54.5 Å². The molecule has 0 aromatic heterocycles. The number of benzene rings is 2. The number of hydrogen-bond donors (Lipinski definition) is 0. The van der Waals surface area contributed by atoms with Gasteiger partial charge in [-0.1, -0.05) is 6.07 Å². The van der Waals surface area contributed by atoms with E-state index in [2.05, 4.69) is 0 Å². The molecule has 0 radical (unpaired) electrons. The molecule has 0 aliphatic heterocycles. The van der Waals surface area contributed by atoms with Gasteiger partial charge in [-0.2, -0.15) is 0 Å². The minimum atomic E-state index is -5.12. The fraction of sp³-hybridized carbons (Fsp3) is 0. The summed E-state index contributed by atoms with van der Waals surface area (Å²) in [5.41, 5.74) is 0. The molecule has 0 N–H and O–H groups in total. The number of halogens is 6. The second-order valence-corrected chi connectivity index (χ2v) is 5.75. The standard InChI is InChI=1S/C12H4F6O2S/c13-5-2-1-3-6(4-5)21(19,20)12-10(17)8(15)7(14)9(16)11(12)18/h1-4H. The van der Waals surface area contributed by atoms with Crippen molar-refractivity contribution in [3.8, 4) is 0 Å². The van der Waals surface area contributed by atoms with Crippen LogP contribution in [0.25, 0.3) is 0 Å². The molecule has 0 saturated heterocycles. The van der Waals surface area contributed by atoms with Gasteiger partial charge >= 0.3 is 0 Å². The van der Waals surface area contributed by atoms with Gasteiger partial charge in [0.25, 0.3) is 0 Å². The van der Waals surface area contributed by atoms with E-state index in [9.17, 15) is 34.8 Å². The van der Waals surface area contributed by atoms with Gasteiger partial charge in [-0.3, -0.25) is 0 Å². The zero-order valence-electron chi connectivity index (χ0n) is 9.80. The molecule has 0 saturated carbocycles. The molecule has 2 aromatic carbocycles. The first-order valence-electron chi connectivity index (χ1n) is 5.20. The molecule has 2 rings (SSSR count). The van der Waals surface area contributed by atoms with E-state index in [0.717, 1.165) is 18.2 Å². The maximum Gasteiger partial charge on any atom is 0.212 e. The number of hydrogen-bond acceptors (Lipinski definition) is 2. The van der Waals surface area contributed by atoms with Crippen molar-refractivity contribution in [1.29, 1.82) is 0 Å². The Morgan fingerprint density at radius 3 is 1.67 bits per heavy atom. The summed E-state index contributed by atoms with van der Waals surface area (Å²) >= 11 is 0. The first kappa shape index (κ1) is 15.4. The summed E-state index contributed by atoms with van der Waals surface area (Å²) in [5, 5.41) is 0. The summed E-state index contributed by atoms with van der Waals surface area (Å²) in [6.07, 6.45) is 0. The topological polar surface area (TPSA) is 34.1 Å². The van der Waals surface area contributed by atoms with Crippen LogP contribution in [0.4, 0.5) is 26.3 Å². The van der Waals surface area contributed by atoms with E-state index >= 15 is 0 Å². The zero-order valence-corrected chi connectivity index (χ0v) is 10.6. The Morgan fingerprint density at radius 2 is 1.19 bits per heavy atom. The largest absolute Gasteiger partial charge is 0.218 e.